The maximum atomic E-state index is 10.8. The van der Waals surface area contributed by atoms with E-state index in [0.29, 0.717) is 9.99 Å². The summed E-state index contributed by atoms with van der Waals surface area (Å²) in [5.74, 6) is 1.27. The van der Waals surface area contributed by atoms with Crippen molar-refractivity contribution in [2.75, 3.05) is 11.5 Å². The summed E-state index contributed by atoms with van der Waals surface area (Å²) in [4.78, 5) is 9.32. The van der Waals surface area contributed by atoms with E-state index >= 15 is 0 Å². The molecular formula is C4H5NO3S2. The highest BCUT2D eigenvalue weighted by atomic mass is 32.2. The van der Waals surface area contributed by atoms with Crippen molar-refractivity contribution in [3.8, 4) is 0 Å². The molecule has 6 heteroatoms. The molecule has 0 radical (unpaired) electrons. The van der Waals surface area contributed by atoms with Crippen molar-refractivity contribution in [2.45, 2.75) is 0 Å². The molecule has 1 aliphatic rings. The molecule has 0 aromatic rings. The molecule has 1 aliphatic heterocycles. The zero-order valence-corrected chi connectivity index (χ0v) is 6.61. The van der Waals surface area contributed by atoms with Gasteiger partial charge in [0.05, 0.1) is 15.7 Å². The fourth-order valence-corrected chi connectivity index (χ4v) is 3.30. The second kappa shape index (κ2) is 3.16. The molecule has 1 heterocycles. The van der Waals surface area contributed by atoms with Crippen molar-refractivity contribution in [3.63, 3.8) is 0 Å². The third-order valence-corrected chi connectivity index (χ3v) is 4.05. The van der Waals surface area contributed by atoms with Gasteiger partial charge in [-0.2, -0.15) is 0 Å². The first-order valence-corrected chi connectivity index (χ1v) is 4.87. The van der Waals surface area contributed by atoms with Crippen molar-refractivity contribution in [1.29, 1.82) is 0 Å². The Morgan fingerprint density at radius 3 is 2.90 bits per heavy atom. The summed E-state index contributed by atoms with van der Waals surface area (Å²) in [6.07, 6.45) is 0.827. The minimum Gasteiger partial charge on any atom is -0.259 e. The molecule has 0 aromatic carbocycles. The van der Waals surface area contributed by atoms with Crippen molar-refractivity contribution in [1.82, 2.24) is 0 Å². The zero-order valence-electron chi connectivity index (χ0n) is 4.98. The lowest BCUT2D eigenvalue weighted by molar-refractivity contribution is -0.402. The smallest absolute Gasteiger partial charge is 0.256 e. The standard InChI is InChI=1S/C4H5NO3S2/c6-5(7)3-4-9-1-2-10(4)8/h3H,1-2H2. The van der Waals surface area contributed by atoms with Crippen LogP contribution in [0.4, 0.5) is 0 Å². The van der Waals surface area contributed by atoms with Crippen LogP contribution in [0.1, 0.15) is 0 Å². The van der Waals surface area contributed by atoms with E-state index in [1.54, 1.807) is 0 Å². The number of thioether (sulfide) groups is 1. The molecule has 0 amide bonds. The van der Waals surface area contributed by atoms with Crippen LogP contribution in [-0.2, 0) is 10.8 Å². The average Bonchev–Trinajstić information content (AvgIpc) is 2.15. The van der Waals surface area contributed by atoms with Crippen LogP contribution in [0.15, 0.2) is 10.4 Å². The maximum absolute atomic E-state index is 10.8. The summed E-state index contributed by atoms with van der Waals surface area (Å²) in [5.41, 5.74) is 0. The maximum Gasteiger partial charge on any atom is 0.256 e. The topological polar surface area (TPSA) is 60.2 Å². The summed E-state index contributed by atoms with van der Waals surface area (Å²) < 4.78 is 11.2. The Balaban J connectivity index is 2.72. The van der Waals surface area contributed by atoms with E-state index in [0.717, 1.165) is 12.0 Å². The Morgan fingerprint density at radius 1 is 1.80 bits per heavy atom. The number of rotatable bonds is 1. The Hall–Kier alpha value is -0.360. The number of hydrogen-bond donors (Lipinski definition) is 0. The SMILES string of the molecule is O=[N+]([O-])C=C1SCCS1=O. The Kier molecular flexibility index (Phi) is 2.44. The van der Waals surface area contributed by atoms with Crippen LogP contribution in [0.3, 0.4) is 0 Å². The highest BCUT2D eigenvalue weighted by Crippen LogP contribution is 2.26. The van der Waals surface area contributed by atoms with E-state index < -0.39 is 15.7 Å². The predicted octanol–water partition coefficient (Wildman–Crippen LogP) is 0.557. The van der Waals surface area contributed by atoms with Crippen LogP contribution >= 0.6 is 11.8 Å². The minimum atomic E-state index is -1.10. The third-order valence-electron chi connectivity index (χ3n) is 0.948. The predicted molar refractivity (Wildman–Crippen MR) is 40.5 cm³/mol. The molecule has 10 heavy (non-hydrogen) atoms. The van der Waals surface area contributed by atoms with E-state index in [4.69, 9.17) is 0 Å². The van der Waals surface area contributed by atoms with Crippen LogP contribution in [0.25, 0.3) is 0 Å². The van der Waals surface area contributed by atoms with Crippen molar-refractivity contribution in [2.24, 2.45) is 0 Å². The summed E-state index contributed by atoms with van der Waals surface area (Å²) in [5, 5.41) is 9.88. The van der Waals surface area contributed by atoms with Crippen molar-refractivity contribution in [3.05, 3.63) is 20.6 Å². The molecule has 4 nitrogen and oxygen atoms in total. The van der Waals surface area contributed by atoms with Gasteiger partial charge in [-0.05, 0) is 0 Å². The van der Waals surface area contributed by atoms with Gasteiger partial charge in [-0.1, -0.05) is 0 Å². The highest BCUT2D eigenvalue weighted by molar-refractivity contribution is 8.19. The molecular weight excluding hydrogens is 174 g/mol. The molecule has 0 N–H and O–H groups in total. The quantitative estimate of drug-likeness (QED) is 0.436. The van der Waals surface area contributed by atoms with Gasteiger partial charge < -0.3 is 0 Å². The molecule has 56 valence electrons. The molecule has 0 aromatic heterocycles. The van der Waals surface area contributed by atoms with Crippen molar-refractivity contribution >= 4 is 22.6 Å². The van der Waals surface area contributed by atoms with Gasteiger partial charge in [-0.15, -0.1) is 11.8 Å². The molecule has 0 saturated carbocycles. The summed E-state index contributed by atoms with van der Waals surface area (Å²) >= 11 is 1.30. The minimum absolute atomic E-state index is 0.394. The number of hydrogen-bond acceptors (Lipinski definition) is 4. The van der Waals surface area contributed by atoms with E-state index in [-0.39, 0.29) is 0 Å². The fourth-order valence-electron chi connectivity index (χ4n) is 0.566. The van der Waals surface area contributed by atoms with Gasteiger partial charge in [0.2, 0.25) is 0 Å². The lowest BCUT2D eigenvalue weighted by Gasteiger charge is -1.85. The zero-order chi connectivity index (χ0) is 7.56. The summed E-state index contributed by atoms with van der Waals surface area (Å²) in [7, 11) is -1.10. The summed E-state index contributed by atoms with van der Waals surface area (Å²) in [6.45, 7) is 0. The monoisotopic (exact) mass is 179 g/mol. The van der Waals surface area contributed by atoms with Crippen LogP contribution in [0, 0.1) is 10.1 Å². The normalized spacial score (nSPS) is 29.2. The van der Waals surface area contributed by atoms with Crippen LogP contribution in [-0.4, -0.2) is 20.6 Å². The van der Waals surface area contributed by atoms with Gasteiger partial charge in [-0.3, -0.25) is 14.3 Å². The molecule has 1 saturated heterocycles. The molecule has 0 spiro atoms. The van der Waals surface area contributed by atoms with Gasteiger partial charge >= 0.3 is 0 Å². The van der Waals surface area contributed by atoms with Crippen LogP contribution < -0.4 is 0 Å². The lowest BCUT2D eigenvalue weighted by Crippen LogP contribution is -1.91. The van der Waals surface area contributed by atoms with Gasteiger partial charge in [0.25, 0.3) is 6.20 Å². The van der Waals surface area contributed by atoms with Crippen LogP contribution in [0.5, 0.6) is 0 Å². The Labute approximate surface area is 64.3 Å². The fraction of sp³-hybridized carbons (Fsp3) is 0.500. The third kappa shape index (κ3) is 1.81. The first-order valence-electron chi connectivity index (χ1n) is 2.56. The van der Waals surface area contributed by atoms with Crippen LogP contribution in [0.2, 0.25) is 0 Å². The molecule has 1 rings (SSSR count). The van der Waals surface area contributed by atoms with Gasteiger partial charge in [0.1, 0.15) is 4.24 Å². The van der Waals surface area contributed by atoms with Gasteiger partial charge in [-0.25, -0.2) is 0 Å². The number of nitrogens with zero attached hydrogens (tertiary/aromatic N) is 1. The lowest BCUT2D eigenvalue weighted by atomic mass is 11.0. The second-order valence-corrected chi connectivity index (χ2v) is 4.57. The summed E-state index contributed by atoms with van der Waals surface area (Å²) in [6, 6.07) is 0. The number of nitro groups is 1. The molecule has 1 unspecified atom stereocenters. The first-order chi connectivity index (χ1) is 4.70. The molecule has 0 bridgehead atoms. The van der Waals surface area contributed by atoms with E-state index in [2.05, 4.69) is 0 Å². The largest absolute Gasteiger partial charge is 0.259 e. The first kappa shape index (κ1) is 7.74. The molecule has 1 fully saturated rings. The van der Waals surface area contributed by atoms with E-state index in [1.165, 1.54) is 11.8 Å². The average molecular weight is 179 g/mol. The molecule has 0 aliphatic carbocycles. The van der Waals surface area contributed by atoms with Gasteiger partial charge in [0, 0.05) is 11.5 Å². The van der Waals surface area contributed by atoms with E-state index in [1.807, 2.05) is 0 Å². The van der Waals surface area contributed by atoms with E-state index in [9.17, 15) is 14.3 Å². The highest BCUT2D eigenvalue weighted by Gasteiger charge is 2.19. The van der Waals surface area contributed by atoms with Crippen molar-refractivity contribution < 1.29 is 9.13 Å². The second-order valence-electron chi connectivity index (χ2n) is 1.63. The van der Waals surface area contributed by atoms with Gasteiger partial charge in [0.15, 0.2) is 0 Å². The Morgan fingerprint density at radius 2 is 2.50 bits per heavy atom. The molecule has 1 atom stereocenters. The Bertz CT molecular complexity index is 213.